The quantitative estimate of drug-likeness (QED) is 0.289. The van der Waals surface area contributed by atoms with Gasteiger partial charge in [-0.2, -0.15) is 0 Å². The van der Waals surface area contributed by atoms with Crippen LogP contribution in [0.15, 0.2) is 72.8 Å². The van der Waals surface area contributed by atoms with Crippen LogP contribution in [0.4, 0.5) is 0 Å². The first-order valence-electron chi connectivity index (χ1n) is 15.7. The van der Waals surface area contributed by atoms with E-state index in [0.717, 1.165) is 53.0 Å². The highest BCUT2D eigenvalue weighted by Gasteiger charge is 2.39. The summed E-state index contributed by atoms with van der Waals surface area (Å²) in [4.78, 5) is 25.9. The van der Waals surface area contributed by atoms with Gasteiger partial charge in [0.15, 0.2) is 12.4 Å². The smallest absolute Gasteiger partial charge is 0.303 e. The van der Waals surface area contributed by atoms with Gasteiger partial charge in [0.1, 0.15) is 0 Å². The van der Waals surface area contributed by atoms with Crippen molar-refractivity contribution < 1.29 is 28.9 Å². The van der Waals surface area contributed by atoms with Crippen LogP contribution in [-0.2, 0) is 37.0 Å². The lowest BCUT2D eigenvalue weighted by Gasteiger charge is -2.43. The van der Waals surface area contributed by atoms with E-state index in [4.69, 9.17) is 14.2 Å². The fraction of sp³-hybridized carbons (Fsp3) is 0.444. The van der Waals surface area contributed by atoms with Crippen LogP contribution in [0, 0.1) is 5.92 Å². The molecule has 5 atom stereocenters. The number of aliphatic hydroxyl groups excluding tert-OH is 1. The molecule has 0 bridgehead atoms. The minimum Gasteiger partial charge on any atom is -0.453 e. The van der Waals surface area contributed by atoms with E-state index in [0.29, 0.717) is 6.54 Å². The number of hydrogen-bond donors (Lipinski definition) is 2. The van der Waals surface area contributed by atoms with Gasteiger partial charge in [-0.3, -0.25) is 9.59 Å². The number of nitrogens with one attached hydrogen (secondary N) is 1. The Bertz CT molecular complexity index is 1390. The maximum Gasteiger partial charge on any atom is 0.303 e. The van der Waals surface area contributed by atoms with E-state index in [9.17, 15) is 14.7 Å². The molecular formula is C36H44N2O6. The van der Waals surface area contributed by atoms with Crippen LogP contribution in [-0.4, -0.2) is 53.7 Å². The molecule has 0 spiro atoms. The zero-order chi connectivity index (χ0) is 31.1. The third kappa shape index (κ3) is 8.12. The molecule has 0 radical (unpaired) electrons. The first-order chi connectivity index (χ1) is 21.3. The summed E-state index contributed by atoms with van der Waals surface area (Å²) < 4.78 is 18.3. The van der Waals surface area contributed by atoms with Crippen LogP contribution in [0.2, 0.25) is 0 Å². The van der Waals surface area contributed by atoms with Crippen molar-refractivity contribution in [2.75, 3.05) is 19.6 Å². The van der Waals surface area contributed by atoms with Gasteiger partial charge in [0.2, 0.25) is 0 Å². The monoisotopic (exact) mass is 600 g/mol. The number of carbonyl (C=O) groups excluding carboxylic acids is 2. The van der Waals surface area contributed by atoms with Crippen LogP contribution in [0.3, 0.4) is 0 Å². The normalized spacial score (nSPS) is 23.1. The number of ether oxygens (including phenoxy) is 3. The highest BCUT2D eigenvalue weighted by molar-refractivity contribution is 5.82. The van der Waals surface area contributed by atoms with Crippen molar-refractivity contribution in [2.24, 2.45) is 5.92 Å². The minimum absolute atomic E-state index is 0.0177. The SMILES string of the molecule is CC(=O)OC(C)C(=O)NCc1cccc(-c2ccc(C3OC(CN4CCCCC4)C(C)C(c4ccc(CO)cc4)O3)cc2)c1. The molecular weight excluding hydrogens is 556 g/mol. The van der Waals surface area contributed by atoms with E-state index in [-0.39, 0.29) is 30.6 Å². The molecule has 5 unspecified atom stereocenters. The lowest BCUT2D eigenvalue weighted by atomic mass is 9.89. The number of likely N-dealkylation sites (tertiary alicyclic amines) is 1. The Labute approximate surface area is 260 Å². The van der Waals surface area contributed by atoms with E-state index in [1.807, 2.05) is 36.4 Å². The Morgan fingerprint density at radius 1 is 0.932 bits per heavy atom. The molecule has 3 aromatic rings. The summed E-state index contributed by atoms with van der Waals surface area (Å²) in [6, 6.07) is 24.3. The summed E-state index contributed by atoms with van der Waals surface area (Å²) in [6.45, 7) is 8.50. The summed E-state index contributed by atoms with van der Waals surface area (Å²) in [5, 5.41) is 12.4. The van der Waals surface area contributed by atoms with E-state index >= 15 is 0 Å². The van der Waals surface area contributed by atoms with Gasteiger partial charge in [-0.05, 0) is 66.7 Å². The summed E-state index contributed by atoms with van der Waals surface area (Å²) in [5.74, 6) is -0.660. The largest absolute Gasteiger partial charge is 0.453 e. The Hall–Kier alpha value is -3.56. The second-order valence-electron chi connectivity index (χ2n) is 12.0. The van der Waals surface area contributed by atoms with E-state index in [2.05, 4.69) is 53.5 Å². The summed E-state index contributed by atoms with van der Waals surface area (Å²) in [7, 11) is 0. The molecule has 8 nitrogen and oxygen atoms in total. The molecule has 0 aromatic heterocycles. The molecule has 2 heterocycles. The number of aliphatic hydroxyl groups is 1. The molecule has 0 saturated carbocycles. The van der Waals surface area contributed by atoms with Crippen molar-refractivity contribution in [3.8, 4) is 11.1 Å². The molecule has 44 heavy (non-hydrogen) atoms. The Balaban J connectivity index is 1.30. The van der Waals surface area contributed by atoms with Crippen molar-refractivity contribution in [3.63, 3.8) is 0 Å². The maximum atomic E-state index is 12.3. The molecule has 2 saturated heterocycles. The average Bonchev–Trinajstić information content (AvgIpc) is 3.05. The van der Waals surface area contributed by atoms with Crippen molar-refractivity contribution >= 4 is 11.9 Å². The van der Waals surface area contributed by atoms with Gasteiger partial charge < -0.3 is 29.5 Å². The highest BCUT2D eigenvalue weighted by atomic mass is 16.7. The topological polar surface area (TPSA) is 97.3 Å². The number of nitrogens with zero attached hydrogens (tertiary/aromatic N) is 1. The van der Waals surface area contributed by atoms with Crippen LogP contribution < -0.4 is 5.32 Å². The van der Waals surface area contributed by atoms with E-state index < -0.39 is 18.4 Å². The first kappa shape index (κ1) is 31.9. The van der Waals surface area contributed by atoms with Crippen LogP contribution in [0.25, 0.3) is 11.1 Å². The molecule has 2 aliphatic rings. The number of hydrogen-bond acceptors (Lipinski definition) is 7. The van der Waals surface area contributed by atoms with Gasteiger partial charge in [-0.1, -0.05) is 80.1 Å². The van der Waals surface area contributed by atoms with Gasteiger partial charge in [-0.15, -0.1) is 0 Å². The molecule has 8 heteroatoms. The van der Waals surface area contributed by atoms with Crippen molar-refractivity contribution in [2.45, 2.75) is 77.8 Å². The lowest BCUT2D eigenvalue weighted by Crippen LogP contribution is -2.45. The second-order valence-corrected chi connectivity index (χ2v) is 12.0. The minimum atomic E-state index is -0.839. The Morgan fingerprint density at radius 2 is 1.64 bits per heavy atom. The average molecular weight is 601 g/mol. The van der Waals surface area contributed by atoms with Crippen molar-refractivity contribution in [3.05, 3.63) is 95.1 Å². The fourth-order valence-electron chi connectivity index (χ4n) is 6.05. The number of esters is 1. The molecule has 2 N–H and O–H groups in total. The zero-order valence-electron chi connectivity index (χ0n) is 25.9. The summed E-state index contributed by atoms with van der Waals surface area (Å²) >= 11 is 0. The Kier molecular flexibility index (Phi) is 10.8. The number of amides is 1. The maximum absolute atomic E-state index is 12.3. The molecule has 0 aliphatic carbocycles. The van der Waals surface area contributed by atoms with Gasteiger partial charge >= 0.3 is 5.97 Å². The predicted molar refractivity (Wildman–Crippen MR) is 168 cm³/mol. The van der Waals surface area contributed by atoms with Crippen molar-refractivity contribution in [1.29, 1.82) is 0 Å². The van der Waals surface area contributed by atoms with Crippen LogP contribution >= 0.6 is 0 Å². The molecule has 234 valence electrons. The predicted octanol–water partition coefficient (Wildman–Crippen LogP) is 5.69. The number of benzene rings is 3. The van der Waals surface area contributed by atoms with E-state index in [1.54, 1.807) is 6.92 Å². The van der Waals surface area contributed by atoms with Crippen molar-refractivity contribution in [1.82, 2.24) is 10.2 Å². The third-order valence-electron chi connectivity index (χ3n) is 8.63. The van der Waals surface area contributed by atoms with E-state index in [1.165, 1.54) is 26.2 Å². The molecule has 1 amide bonds. The summed E-state index contributed by atoms with van der Waals surface area (Å²) in [5.41, 5.74) is 5.95. The first-order valence-corrected chi connectivity index (χ1v) is 15.7. The lowest BCUT2D eigenvalue weighted by molar-refractivity contribution is -0.276. The molecule has 2 aliphatic heterocycles. The third-order valence-corrected chi connectivity index (χ3v) is 8.63. The number of carbonyl (C=O) groups is 2. The number of rotatable bonds is 10. The van der Waals surface area contributed by atoms with Gasteiger partial charge in [0, 0.05) is 31.5 Å². The molecule has 5 rings (SSSR count). The molecule has 2 fully saturated rings. The second kappa shape index (κ2) is 14.9. The molecule has 3 aromatic carbocycles. The van der Waals surface area contributed by atoms with Gasteiger partial charge in [-0.25, -0.2) is 0 Å². The highest BCUT2D eigenvalue weighted by Crippen LogP contribution is 2.42. The van der Waals surface area contributed by atoms with Gasteiger partial charge in [0.05, 0.1) is 18.8 Å². The standard InChI is InChI=1S/C36H44N2O6/c1-24-33(22-38-18-5-4-6-19-38)43-36(44-34(24)30-12-10-27(23-39)11-13-30)31-16-14-29(15-17-31)32-9-7-8-28(20-32)21-37-35(41)25(2)42-26(3)40/h7-17,20,24-25,33-34,36,39H,4-6,18-19,21-23H2,1-3H3,(H,37,41). The number of piperidine rings is 1. The van der Waals surface area contributed by atoms with Crippen LogP contribution in [0.5, 0.6) is 0 Å². The fourth-order valence-corrected chi connectivity index (χ4v) is 6.05. The van der Waals surface area contributed by atoms with Crippen LogP contribution in [0.1, 0.15) is 74.7 Å². The summed E-state index contributed by atoms with van der Waals surface area (Å²) in [6.07, 6.45) is 2.30. The van der Waals surface area contributed by atoms with Gasteiger partial charge in [0.25, 0.3) is 5.91 Å². The Morgan fingerprint density at radius 3 is 2.32 bits per heavy atom. The zero-order valence-corrected chi connectivity index (χ0v) is 25.9.